The molecule has 0 N–H and O–H groups in total. The molecule has 1 fully saturated rings. The highest BCUT2D eigenvalue weighted by molar-refractivity contribution is 6.32. The van der Waals surface area contributed by atoms with Crippen LogP contribution in [0, 0.1) is 0 Å². The van der Waals surface area contributed by atoms with Gasteiger partial charge in [0.05, 0.1) is 11.2 Å². The topological polar surface area (TPSA) is 63.4 Å². The number of likely N-dealkylation sites (N-methyl/N-ethyl adjacent to an activating group) is 1. The molecule has 1 amide bonds. The number of nitrogens with zero attached hydrogens (tertiary/aromatic N) is 5. The van der Waals surface area contributed by atoms with Crippen molar-refractivity contribution in [3.05, 3.63) is 68.6 Å². The molecule has 0 bridgehead atoms. The minimum absolute atomic E-state index is 0.193. The number of amides is 1. The van der Waals surface area contributed by atoms with Crippen LogP contribution in [-0.2, 0) is 7.05 Å². The first-order chi connectivity index (χ1) is 15.3. The van der Waals surface area contributed by atoms with Gasteiger partial charge in [0.15, 0.2) is 5.69 Å². The maximum atomic E-state index is 13.7. The van der Waals surface area contributed by atoms with E-state index < -0.39 is 0 Å². The third kappa shape index (κ3) is 3.37. The Hall–Kier alpha value is -2.87. The zero-order chi connectivity index (χ0) is 22.6. The van der Waals surface area contributed by atoms with Crippen molar-refractivity contribution in [2.45, 2.75) is 0 Å². The Morgan fingerprint density at radius 1 is 0.969 bits per heavy atom. The van der Waals surface area contributed by atoms with Gasteiger partial charge in [0.2, 0.25) is 0 Å². The summed E-state index contributed by atoms with van der Waals surface area (Å²) in [5.41, 5.74) is 1.58. The predicted molar refractivity (Wildman–Crippen MR) is 127 cm³/mol. The van der Waals surface area contributed by atoms with E-state index in [9.17, 15) is 9.59 Å². The lowest BCUT2D eigenvalue weighted by Gasteiger charge is -2.32. The summed E-state index contributed by atoms with van der Waals surface area (Å²) in [4.78, 5) is 31.2. The third-order valence-electron chi connectivity index (χ3n) is 6.04. The lowest BCUT2D eigenvalue weighted by atomic mass is 10.1. The number of rotatable bonds is 2. The maximum Gasteiger partial charge on any atom is 0.296 e. The molecule has 0 aliphatic carbocycles. The summed E-state index contributed by atoms with van der Waals surface area (Å²) in [6.07, 6.45) is 0. The highest BCUT2D eigenvalue weighted by Gasteiger charge is 2.28. The number of aromatic nitrogens is 3. The van der Waals surface area contributed by atoms with Crippen LogP contribution in [0.15, 0.2) is 47.3 Å². The first-order valence-electron chi connectivity index (χ1n) is 10.3. The molecule has 0 spiro atoms. The largest absolute Gasteiger partial charge is 0.339 e. The molecule has 4 aromatic rings. The van der Waals surface area contributed by atoms with Gasteiger partial charge >= 0.3 is 0 Å². The van der Waals surface area contributed by atoms with Crippen molar-refractivity contribution in [3.8, 4) is 5.69 Å². The fourth-order valence-corrected chi connectivity index (χ4v) is 4.64. The molecule has 1 aliphatic rings. The van der Waals surface area contributed by atoms with E-state index in [0.717, 1.165) is 24.0 Å². The molecule has 2 aromatic carbocycles. The van der Waals surface area contributed by atoms with E-state index >= 15 is 0 Å². The standard InChI is InChI=1S/C23H21Cl2N5O2/c1-27-8-10-29(11-9-27)22(31)20-19-17-7-6-15(25)13-18(17)28(2)21(19)23(32)30(26-20)16-5-3-4-14(24)12-16/h3-7,12-13H,8-11H2,1-2H3. The van der Waals surface area contributed by atoms with Crippen molar-refractivity contribution in [2.75, 3.05) is 33.2 Å². The second-order valence-corrected chi connectivity index (χ2v) is 8.96. The highest BCUT2D eigenvalue weighted by atomic mass is 35.5. The minimum atomic E-state index is -0.327. The summed E-state index contributed by atoms with van der Waals surface area (Å²) in [7, 11) is 3.83. The number of fused-ring (bicyclic) bond motifs is 3. The summed E-state index contributed by atoms with van der Waals surface area (Å²) in [6, 6.07) is 12.3. The molecule has 1 saturated heterocycles. The molecule has 0 saturated carbocycles. The van der Waals surface area contributed by atoms with Gasteiger partial charge in [-0.3, -0.25) is 9.59 Å². The van der Waals surface area contributed by atoms with E-state index in [4.69, 9.17) is 23.2 Å². The fourth-order valence-electron chi connectivity index (χ4n) is 4.29. The van der Waals surface area contributed by atoms with Crippen molar-refractivity contribution < 1.29 is 4.79 Å². The van der Waals surface area contributed by atoms with Crippen LogP contribution >= 0.6 is 23.2 Å². The lowest BCUT2D eigenvalue weighted by molar-refractivity contribution is 0.0658. The average molecular weight is 470 g/mol. The molecule has 2 aromatic heterocycles. The maximum absolute atomic E-state index is 13.7. The van der Waals surface area contributed by atoms with E-state index in [0.29, 0.717) is 39.7 Å². The second-order valence-electron chi connectivity index (χ2n) is 8.09. The molecule has 5 rings (SSSR count). The lowest BCUT2D eigenvalue weighted by Crippen LogP contribution is -2.47. The molecule has 0 unspecified atom stereocenters. The summed E-state index contributed by atoms with van der Waals surface area (Å²) >= 11 is 12.4. The van der Waals surface area contributed by atoms with Crippen LogP contribution in [0.25, 0.3) is 27.5 Å². The fraction of sp³-hybridized carbons (Fsp3) is 0.261. The molecular weight excluding hydrogens is 449 g/mol. The van der Waals surface area contributed by atoms with Crippen molar-refractivity contribution in [1.82, 2.24) is 24.1 Å². The Morgan fingerprint density at radius 3 is 2.41 bits per heavy atom. The quantitative estimate of drug-likeness (QED) is 0.450. The Kier molecular flexibility index (Phi) is 5.20. The van der Waals surface area contributed by atoms with Gasteiger partial charge in [0.25, 0.3) is 11.5 Å². The first-order valence-corrected chi connectivity index (χ1v) is 11.1. The average Bonchev–Trinajstić information content (AvgIpc) is 3.06. The number of hydrogen-bond acceptors (Lipinski definition) is 4. The van der Waals surface area contributed by atoms with Gasteiger partial charge < -0.3 is 14.4 Å². The van der Waals surface area contributed by atoms with E-state index in [1.54, 1.807) is 52.9 Å². The van der Waals surface area contributed by atoms with Crippen LogP contribution < -0.4 is 5.56 Å². The monoisotopic (exact) mass is 469 g/mol. The molecule has 164 valence electrons. The molecule has 0 atom stereocenters. The van der Waals surface area contributed by atoms with Gasteiger partial charge in [-0.25, -0.2) is 0 Å². The molecule has 7 nitrogen and oxygen atoms in total. The number of halogens is 2. The number of piperazine rings is 1. The summed E-state index contributed by atoms with van der Waals surface area (Å²) in [5, 5.41) is 6.94. The Balaban J connectivity index is 1.83. The van der Waals surface area contributed by atoms with Gasteiger partial charge in [-0.05, 0) is 37.4 Å². The Bertz CT molecular complexity index is 1430. The SMILES string of the molecule is CN1CCN(C(=O)c2nn(-c3cccc(Cl)c3)c(=O)c3c2c2ccc(Cl)cc2n3C)CC1. The highest BCUT2D eigenvalue weighted by Crippen LogP contribution is 2.31. The van der Waals surface area contributed by atoms with Gasteiger partial charge in [0, 0.05) is 54.0 Å². The van der Waals surface area contributed by atoms with Crippen LogP contribution in [-0.4, -0.2) is 63.3 Å². The van der Waals surface area contributed by atoms with Crippen molar-refractivity contribution in [2.24, 2.45) is 7.05 Å². The van der Waals surface area contributed by atoms with Gasteiger partial charge in [-0.1, -0.05) is 35.3 Å². The molecule has 9 heteroatoms. The van der Waals surface area contributed by atoms with E-state index in [2.05, 4.69) is 10.00 Å². The summed E-state index contributed by atoms with van der Waals surface area (Å²) in [5.74, 6) is -0.193. The number of aryl methyl sites for hydroxylation is 1. The molecule has 3 heterocycles. The third-order valence-corrected chi connectivity index (χ3v) is 6.51. The van der Waals surface area contributed by atoms with Crippen molar-refractivity contribution in [1.29, 1.82) is 0 Å². The Morgan fingerprint density at radius 2 is 1.69 bits per heavy atom. The number of carbonyl (C=O) groups is 1. The second kappa shape index (κ2) is 7.92. The molecule has 1 aliphatic heterocycles. The van der Waals surface area contributed by atoms with Crippen LogP contribution in [0.3, 0.4) is 0 Å². The van der Waals surface area contributed by atoms with Crippen molar-refractivity contribution in [3.63, 3.8) is 0 Å². The van der Waals surface area contributed by atoms with E-state index in [1.807, 2.05) is 13.1 Å². The Labute approximate surface area is 194 Å². The number of benzene rings is 2. The summed E-state index contributed by atoms with van der Waals surface area (Å²) in [6.45, 7) is 2.78. The van der Waals surface area contributed by atoms with Crippen LogP contribution in [0.4, 0.5) is 0 Å². The molecular formula is C23H21Cl2N5O2. The van der Waals surface area contributed by atoms with Crippen LogP contribution in [0.5, 0.6) is 0 Å². The minimum Gasteiger partial charge on any atom is -0.339 e. The van der Waals surface area contributed by atoms with E-state index in [-0.39, 0.29) is 17.2 Å². The van der Waals surface area contributed by atoms with Crippen LogP contribution in [0.1, 0.15) is 10.5 Å². The molecule has 0 radical (unpaired) electrons. The number of carbonyl (C=O) groups excluding carboxylic acids is 1. The van der Waals surface area contributed by atoms with Crippen molar-refractivity contribution >= 4 is 50.9 Å². The molecule has 32 heavy (non-hydrogen) atoms. The number of hydrogen-bond donors (Lipinski definition) is 0. The first kappa shape index (κ1) is 21.0. The van der Waals surface area contributed by atoms with Crippen LogP contribution in [0.2, 0.25) is 10.0 Å². The van der Waals surface area contributed by atoms with Gasteiger partial charge in [-0.15, -0.1) is 0 Å². The normalized spacial score (nSPS) is 15.1. The van der Waals surface area contributed by atoms with Gasteiger partial charge in [-0.2, -0.15) is 9.78 Å². The van der Waals surface area contributed by atoms with E-state index in [1.165, 1.54) is 4.68 Å². The summed E-state index contributed by atoms with van der Waals surface area (Å²) < 4.78 is 3.04. The zero-order valence-corrected chi connectivity index (χ0v) is 19.2. The zero-order valence-electron chi connectivity index (χ0n) is 17.7. The predicted octanol–water partition coefficient (Wildman–Crippen LogP) is 3.57. The smallest absolute Gasteiger partial charge is 0.296 e. The van der Waals surface area contributed by atoms with Gasteiger partial charge in [0.1, 0.15) is 5.52 Å².